The Morgan fingerprint density at radius 3 is 0.699 bits per heavy atom. The summed E-state index contributed by atoms with van der Waals surface area (Å²) < 4.78 is 61.4. The second-order valence-corrected chi connectivity index (χ2v) is 31.8. The lowest BCUT2D eigenvalue weighted by molar-refractivity contribution is -0.161. The maximum Gasteiger partial charge on any atom is 0.472 e. The minimum absolute atomic E-state index is 0.0761. The van der Waals surface area contributed by atoms with Gasteiger partial charge < -0.3 is 34.2 Å². The molecule has 0 spiro atoms. The van der Waals surface area contributed by atoms with Crippen LogP contribution in [0.4, 0.5) is 0 Å². The summed E-state index contributed by atoms with van der Waals surface area (Å²) in [5.74, 6) is -1.60. The Labute approximate surface area is 687 Å². The molecule has 0 aromatic rings. The molecule has 16 nitrogen and oxygen atoms in total. The second kappa shape index (κ2) is 86.0. The number of carbonyl (C=O) groups excluding carboxylic acids is 3. The van der Waals surface area contributed by atoms with E-state index in [1.807, 2.05) is 0 Å². The van der Waals surface area contributed by atoms with Gasteiger partial charge in [-0.15, -0.1) is 0 Å². The number of hydrogen-bond donors (Lipinski definition) is 4. The van der Waals surface area contributed by atoms with Crippen LogP contribution >= 0.6 is 15.6 Å². The van der Waals surface area contributed by atoms with Crippen molar-refractivity contribution >= 4 is 33.6 Å². The number of phosphoric acid groups is 2. The molecule has 0 saturated carbocycles. The van der Waals surface area contributed by atoms with E-state index in [1.165, 1.54) is 96.3 Å². The number of aliphatic hydroxyl groups excluding tert-OH is 2. The molecule has 0 heterocycles. The van der Waals surface area contributed by atoms with Crippen molar-refractivity contribution in [2.45, 2.75) is 360 Å². The number of esters is 3. The Hall–Kier alpha value is -5.35. The molecule has 0 amide bonds. The van der Waals surface area contributed by atoms with Crippen LogP contribution in [-0.4, -0.2) is 95.9 Å². The summed E-state index contributed by atoms with van der Waals surface area (Å²) in [5.41, 5.74) is 0. The largest absolute Gasteiger partial charge is 0.472 e. The van der Waals surface area contributed by atoms with E-state index in [-0.39, 0.29) is 19.3 Å². The molecular weight excluding hydrogens is 1460 g/mol. The number of ether oxygens (including phenoxy) is 3. The molecule has 0 radical (unpaired) electrons. The molecule has 644 valence electrons. The summed E-state index contributed by atoms with van der Waals surface area (Å²) in [6, 6.07) is 0. The van der Waals surface area contributed by atoms with Crippen molar-refractivity contribution in [3.05, 3.63) is 182 Å². The molecule has 4 N–H and O–H groups in total. The summed E-state index contributed by atoms with van der Waals surface area (Å²) in [4.78, 5) is 58.9. The van der Waals surface area contributed by atoms with Gasteiger partial charge in [-0.1, -0.05) is 351 Å². The minimum atomic E-state index is -4.95. The topological polar surface area (TPSA) is 231 Å². The maximum absolute atomic E-state index is 13.0. The molecule has 0 aliphatic carbocycles. The van der Waals surface area contributed by atoms with Gasteiger partial charge >= 0.3 is 33.6 Å². The molecule has 113 heavy (non-hydrogen) atoms. The smallest absolute Gasteiger partial charge is 0.463 e. The predicted octanol–water partition coefficient (Wildman–Crippen LogP) is 26.9. The SMILES string of the molecule is CC/C=C\C/C=C\C/C=C\C/C=C\C/C=C\CCCCCCCCCCCCCCCC(=O)OCC(O)COP(=O)(O)OCC(O)COP(=O)(O)OCC(COC(=O)CCCCCCCCCCCCC/C=C\C/C=C\C/C=C\C/C=C\C/C=C\CC)OC(=O)CCCCCCC/C=C\C/C=C\C/C=C\C/C=C\C/C=C\CC. The van der Waals surface area contributed by atoms with Gasteiger partial charge in [0.1, 0.15) is 25.4 Å². The van der Waals surface area contributed by atoms with Crippen LogP contribution in [0.3, 0.4) is 0 Å². The Kier molecular flexibility index (Phi) is 81.9. The molecular formula is C95H158O16P2. The van der Waals surface area contributed by atoms with Crippen LogP contribution in [-0.2, 0) is 55.8 Å². The first-order valence-corrected chi connectivity index (χ1v) is 47.1. The average molecular weight is 1620 g/mol. The van der Waals surface area contributed by atoms with Crippen molar-refractivity contribution in [1.29, 1.82) is 0 Å². The van der Waals surface area contributed by atoms with Gasteiger partial charge in [-0.25, -0.2) is 9.13 Å². The minimum Gasteiger partial charge on any atom is -0.463 e. The van der Waals surface area contributed by atoms with Crippen LogP contribution in [0, 0.1) is 0 Å². The van der Waals surface area contributed by atoms with Gasteiger partial charge in [0.15, 0.2) is 6.10 Å². The van der Waals surface area contributed by atoms with Gasteiger partial charge in [0.25, 0.3) is 0 Å². The number of allylic oxidation sites excluding steroid dienone is 30. The summed E-state index contributed by atoms with van der Waals surface area (Å²) in [6.07, 6.45) is 112. The van der Waals surface area contributed by atoms with Crippen LogP contribution in [0.25, 0.3) is 0 Å². The Balaban J connectivity index is 4.64. The molecule has 18 heteroatoms. The fourth-order valence-electron chi connectivity index (χ4n) is 11.5. The normalized spacial score (nSPS) is 14.7. The summed E-state index contributed by atoms with van der Waals surface area (Å²) >= 11 is 0. The zero-order valence-electron chi connectivity index (χ0n) is 70.7. The van der Waals surface area contributed by atoms with Gasteiger partial charge in [-0.05, 0) is 154 Å². The molecule has 5 atom stereocenters. The summed E-state index contributed by atoms with van der Waals surface area (Å²) in [7, 11) is -9.82. The average Bonchev–Trinajstić information content (AvgIpc) is 0.903. The Bertz CT molecular complexity index is 2780. The summed E-state index contributed by atoms with van der Waals surface area (Å²) in [6.45, 7) is 2.34. The third-order valence-corrected chi connectivity index (χ3v) is 20.0. The maximum atomic E-state index is 13.0. The zero-order chi connectivity index (χ0) is 82.2. The first-order chi connectivity index (χ1) is 55.2. The molecule has 0 aromatic carbocycles. The van der Waals surface area contributed by atoms with Gasteiger partial charge in [0.2, 0.25) is 0 Å². The highest BCUT2D eigenvalue weighted by molar-refractivity contribution is 7.47. The quantitative estimate of drug-likeness (QED) is 0.0146. The first kappa shape index (κ1) is 108. The third kappa shape index (κ3) is 87.3. The van der Waals surface area contributed by atoms with E-state index in [0.29, 0.717) is 19.3 Å². The van der Waals surface area contributed by atoms with E-state index in [2.05, 4.69) is 203 Å². The molecule has 0 fully saturated rings. The fourth-order valence-corrected chi connectivity index (χ4v) is 13.1. The van der Waals surface area contributed by atoms with E-state index in [4.69, 9.17) is 32.3 Å². The van der Waals surface area contributed by atoms with Crippen molar-refractivity contribution in [2.24, 2.45) is 0 Å². The molecule has 0 bridgehead atoms. The second-order valence-electron chi connectivity index (χ2n) is 28.9. The van der Waals surface area contributed by atoms with Gasteiger partial charge in [0, 0.05) is 19.3 Å². The zero-order valence-corrected chi connectivity index (χ0v) is 72.5. The van der Waals surface area contributed by atoms with E-state index in [0.717, 1.165) is 186 Å². The highest BCUT2D eigenvalue weighted by Gasteiger charge is 2.29. The van der Waals surface area contributed by atoms with Crippen molar-refractivity contribution in [2.75, 3.05) is 39.6 Å². The van der Waals surface area contributed by atoms with Crippen LogP contribution in [0.15, 0.2) is 182 Å². The number of carbonyl (C=O) groups is 3. The lowest BCUT2D eigenvalue weighted by Crippen LogP contribution is -2.30. The standard InChI is InChI=1S/C95H158O16P2/c1-4-7-10-13-16-19-22-25-28-31-34-37-39-41-43-44-46-48-49-52-54-57-60-63-66-69-72-75-78-81-93(98)105-84-90(96)85-107-112(101,102)108-86-91(97)87-109-113(103,104)110-89-92(111-95(100)83-80-77-74-71-68-65-62-59-56-51-36-33-30-27-24-21-18-15-12-9-6-3)88-106-94(99)82-79-76-73-70-67-64-61-58-55-53-50-47-45-42-40-38-35-32-29-26-23-20-17-14-11-8-5-2/h7-12,16-21,25-30,34-38,41-43,45,51,59,62,90-92,96-97H,4-6,13-15,22-24,31-33,39-40,44,46-50,52-58,60-61,63-89H2,1-3H3,(H,101,102)(H,103,104)/b10-7-,11-8-,12-9-,19-16-,20-17-,21-18-,28-25-,29-26-,30-27-,37-34-,38-35-,43-41-,45-42-,51-36-,62-59-. The summed E-state index contributed by atoms with van der Waals surface area (Å²) in [5, 5.41) is 20.7. The van der Waals surface area contributed by atoms with Gasteiger partial charge in [-0.2, -0.15) is 0 Å². The number of hydrogen-bond acceptors (Lipinski definition) is 14. The number of rotatable bonds is 82. The number of unbranched alkanes of at least 4 members (excludes halogenated alkanes) is 29. The highest BCUT2D eigenvalue weighted by atomic mass is 31.2. The van der Waals surface area contributed by atoms with Gasteiger partial charge in [-0.3, -0.25) is 32.5 Å². The molecule has 0 aliphatic heterocycles. The van der Waals surface area contributed by atoms with Crippen molar-refractivity contribution in [3.8, 4) is 0 Å². The molecule has 0 aliphatic rings. The first-order valence-electron chi connectivity index (χ1n) is 44.1. The monoisotopic (exact) mass is 1620 g/mol. The Morgan fingerprint density at radius 2 is 0.442 bits per heavy atom. The molecule has 0 saturated heterocycles. The van der Waals surface area contributed by atoms with Crippen LogP contribution in [0.1, 0.15) is 342 Å². The lowest BCUT2D eigenvalue weighted by Gasteiger charge is -2.21. The number of phosphoric ester groups is 2. The highest BCUT2D eigenvalue weighted by Crippen LogP contribution is 2.45. The van der Waals surface area contributed by atoms with Crippen molar-refractivity contribution in [3.63, 3.8) is 0 Å². The van der Waals surface area contributed by atoms with Gasteiger partial charge in [0.05, 0.1) is 26.4 Å². The number of aliphatic hydroxyl groups is 2. The Morgan fingerprint density at radius 1 is 0.248 bits per heavy atom. The van der Waals surface area contributed by atoms with Crippen molar-refractivity contribution in [1.82, 2.24) is 0 Å². The molecule has 0 aromatic heterocycles. The fraction of sp³-hybridized carbons (Fsp3) is 0.653. The van der Waals surface area contributed by atoms with E-state index < -0.39 is 91.5 Å². The van der Waals surface area contributed by atoms with E-state index >= 15 is 0 Å². The van der Waals surface area contributed by atoms with Crippen LogP contribution < -0.4 is 0 Å². The third-order valence-electron chi connectivity index (χ3n) is 18.1. The van der Waals surface area contributed by atoms with Crippen LogP contribution in [0.2, 0.25) is 0 Å². The molecule has 5 unspecified atom stereocenters. The van der Waals surface area contributed by atoms with E-state index in [1.54, 1.807) is 0 Å². The van der Waals surface area contributed by atoms with Crippen LogP contribution in [0.5, 0.6) is 0 Å². The predicted molar refractivity (Wildman–Crippen MR) is 472 cm³/mol. The lowest BCUT2D eigenvalue weighted by atomic mass is 10.0. The molecule has 0 rings (SSSR count). The van der Waals surface area contributed by atoms with E-state index in [9.17, 15) is 43.5 Å². The van der Waals surface area contributed by atoms with Crippen molar-refractivity contribution < 1.29 is 75.8 Å².